The first-order valence-corrected chi connectivity index (χ1v) is 8.77. The summed E-state index contributed by atoms with van der Waals surface area (Å²) in [6, 6.07) is 13.1. The topological polar surface area (TPSA) is 50.8 Å². The molecule has 0 aliphatic carbocycles. The number of anilines is 1. The molecule has 1 N–H and O–H groups in total. The number of alkyl halides is 3. The summed E-state index contributed by atoms with van der Waals surface area (Å²) in [5.74, 6) is 0. The van der Waals surface area contributed by atoms with Crippen LogP contribution in [-0.4, -0.2) is 31.1 Å². The highest BCUT2D eigenvalue weighted by atomic mass is 19.4. The molecule has 1 aliphatic heterocycles. The number of piperazine rings is 1. The molecular weight excluding hydrogens is 359 g/mol. The zero-order chi connectivity index (χ0) is 19.6. The van der Waals surface area contributed by atoms with E-state index < -0.39 is 22.4 Å². The molecule has 27 heavy (non-hydrogen) atoms. The Labute approximate surface area is 155 Å². The molecule has 0 spiro atoms. The predicted octanol–water partition coefficient (Wildman–Crippen LogP) is 3.08. The van der Waals surface area contributed by atoms with Crippen LogP contribution in [0.25, 0.3) is 0 Å². The van der Waals surface area contributed by atoms with Crippen molar-refractivity contribution in [2.45, 2.75) is 19.1 Å². The molecule has 2 aromatic rings. The Bertz CT molecular complexity index is 804. The quantitative estimate of drug-likeness (QED) is 0.655. The molecule has 1 atom stereocenters. The van der Waals surface area contributed by atoms with Crippen LogP contribution in [0.15, 0.2) is 48.5 Å². The largest absolute Gasteiger partial charge is 0.416 e. The minimum absolute atomic E-state index is 0.249. The Morgan fingerprint density at radius 2 is 1.74 bits per heavy atom. The van der Waals surface area contributed by atoms with Gasteiger partial charge in [0.05, 0.1) is 36.7 Å². The van der Waals surface area contributed by atoms with Gasteiger partial charge in [-0.1, -0.05) is 30.3 Å². The van der Waals surface area contributed by atoms with Crippen LogP contribution in [0.2, 0.25) is 0 Å². The molecule has 2 aromatic carbocycles. The van der Waals surface area contributed by atoms with Gasteiger partial charge in [-0.2, -0.15) is 13.2 Å². The van der Waals surface area contributed by atoms with Crippen molar-refractivity contribution in [1.82, 2.24) is 0 Å². The molecule has 1 heterocycles. The zero-order valence-corrected chi connectivity index (χ0v) is 14.9. The van der Waals surface area contributed by atoms with E-state index in [0.29, 0.717) is 19.2 Å². The van der Waals surface area contributed by atoms with E-state index >= 15 is 0 Å². The normalized spacial score (nSPS) is 17.0. The third-order valence-electron chi connectivity index (χ3n) is 5.16. The van der Waals surface area contributed by atoms with E-state index in [1.165, 1.54) is 16.5 Å². The molecule has 1 aliphatic rings. The van der Waals surface area contributed by atoms with Crippen LogP contribution in [0.3, 0.4) is 0 Å². The lowest BCUT2D eigenvalue weighted by molar-refractivity contribution is -0.930. The van der Waals surface area contributed by atoms with Gasteiger partial charge in [-0.25, -0.2) is 0 Å². The molecule has 0 amide bonds. The van der Waals surface area contributed by atoms with Gasteiger partial charge in [-0.3, -0.25) is 10.1 Å². The second-order valence-electron chi connectivity index (χ2n) is 6.74. The van der Waals surface area contributed by atoms with E-state index in [4.69, 9.17) is 0 Å². The number of nitro groups is 1. The zero-order valence-electron chi connectivity index (χ0n) is 14.9. The lowest BCUT2D eigenvalue weighted by Gasteiger charge is -2.36. The van der Waals surface area contributed by atoms with Crippen molar-refractivity contribution in [2.75, 3.05) is 31.1 Å². The van der Waals surface area contributed by atoms with E-state index in [2.05, 4.69) is 19.1 Å². The molecule has 0 saturated carbocycles. The number of nitro benzene ring substituents is 1. The number of rotatable bonds is 4. The standard InChI is InChI=1S/C19H20F3N3O2/c1-14(15-5-3-2-4-6-15)23-9-11-24(12-10-23)17-8-7-16(19(20,21)22)13-18(17)25(26)27/h2-8,13-14H,9-12H2,1H3/p+1/t14-/m0/s1. The first-order chi connectivity index (χ1) is 12.8. The number of nitrogens with zero attached hydrogens (tertiary/aromatic N) is 2. The minimum Gasteiger partial charge on any atom is -0.355 e. The van der Waals surface area contributed by atoms with Gasteiger partial charge in [0.25, 0.3) is 5.69 Å². The summed E-state index contributed by atoms with van der Waals surface area (Å²) < 4.78 is 38.6. The van der Waals surface area contributed by atoms with Gasteiger partial charge in [0.2, 0.25) is 0 Å². The molecule has 0 unspecified atom stereocenters. The van der Waals surface area contributed by atoms with Crippen LogP contribution < -0.4 is 9.80 Å². The van der Waals surface area contributed by atoms with Crippen molar-refractivity contribution in [1.29, 1.82) is 0 Å². The van der Waals surface area contributed by atoms with Gasteiger partial charge in [0.15, 0.2) is 0 Å². The van der Waals surface area contributed by atoms with Crippen molar-refractivity contribution >= 4 is 11.4 Å². The lowest BCUT2D eigenvalue weighted by Crippen LogP contribution is -3.14. The van der Waals surface area contributed by atoms with E-state index in [9.17, 15) is 23.3 Å². The van der Waals surface area contributed by atoms with Crippen molar-refractivity contribution in [2.24, 2.45) is 0 Å². The summed E-state index contributed by atoms with van der Waals surface area (Å²) in [7, 11) is 0. The Hall–Kier alpha value is -2.61. The van der Waals surface area contributed by atoms with Gasteiger partial charge in [0.1, 0.15) is 11.7 Å². The smallest absolute Gasteiger partial charge is 0.355 e. The third kappa shape index (κ3) is 4.21. The van der Waals surface area contributed by atoms with E-state index in [1.807, 2.05) is 18.2 Å². The second-order valence-corrected chi connectivity index (χ2v) is 6.74. The van der Waals surface area contributed by atoms with Crippen LogP contribution in [-0.2, 0) is 6.18 Å². The van der Waals surface area contributed by atoms with Gasteiger partial charge >= 0.3 is 6.18 Å². The fraction of sp³-hybridized carbons (Fsp3) is 0.368. The maximum absolute atomic E-state index is 12.9. The Kier molecular flexibility index (Phi) is 5.36. The van der Waals surface area contributed by atoms with Crippen molar-refractivity contribution in [3.05, 3.63) is 69.8 Å². The van der Waals surface area contributed by atoms with Crippen molar-refractivity contribution in [3.63, 3.8) is 0 Å². The number of hydrogen-bond donors (Lipinski definition) is 1. The van der Waals surface area contributed by atoms with E-state index in [-0.39, 0.29) is 11.7 Å². The Morgan fingerprint density at radius 3 is 2.30 bits per heavy atom. The highest BCUT2D eigenvalue weighted by Crippen LogP contribution is 2.36. The molecule has 144 valence electrons. The van der Waals surface area contributed by atoms with Crippen LogP contribution >= 0.6 is 0 Å². The summed E-state index contributed by atoms with van der Waals surface area (Å²) in [5, 5.41) is 11.3. The maximum Gasteiger partial charge on any atom is 0.416 e. The highest BCUT2D eigenvalue weighted by molar-refractivity contribution is 5.64. The summed E-state index contributed by atoms with van der Waals surface area (Å²) in [6.45, 7) is 4.76. The number of halogens is 3. The van der Waals surface area contributed by atoms with E-state index in [1.54, 1.807) is 4.90 Å². The molecule has 1 fully saturated rings. The van der Waals surface area contributed by atoms with Gasteiger partial charge in [-0.15, -0.1) is 0 Å². The fourth-order valence-electron chi connectivity index (χ4n) is 3.56. The van der Waals surface area contributed by atoms with Crippen molar-refractivity contribution < 1.29 is 23.0 Å². The number of hydrogen-bond acceptors (Lipinski definition) is 3. The highest BCUT2D eigenvalue weighted by Gasteiger charge is 2.35. The molecule has 3 rings (SSSR count). The van der Waals surface area contributed by atoms with Crippen LogP contribution in [0.4, 0.5) is 24.5 Å². The molecule has 8 heteroatoms. The first-order valence-electron chi connectivity index (χ1n) is 8.77. The third-order valence-corrected chi connectivity index (χ3v) is 5.16. The molecule has 5 nitrogen and oxygen atoms in total. The molecule has 0 aromatic heterocycles. The van der Waals surface area contributed by atoms with Crippen LogP contribution in [0, 0.1) is 10.1 Å². The molecular formula is C19H21F3N3O2+. The Balaban J connectivity index is 1.75. The SMILES string of the molecule is C[C@@H](c1ccccc1)[NH+]1CCN(c2ccc(C(F)(F)F)cc2[N+](=O)[O-])CC1. The summed E-state index contributed by atoms with van der Waals surface area (Å²) in [4.78, 5) is 13.7. The minimum atomic E-state index is -4.60. The summed E-state index contributed by atoms with van der Waals surface area (Å²) >= 11 is 0. The number of nitrogens with one attached hydrogen (secondary N) is 1. The average molecular weight is 380 g/mol. The number of quaternary nitrogens is 1. The molecule has 1 saturated heterocycles. The fourth-order valence-corrected chi connectivity index (χ4v) is 3.56. The summed E-state index contributed by atoms with van der Waals surface area (Å²) in [5.41, 5.74) is -0.0230. The van der Waals surface area contributed by atoms with Gasteiger partial charge in [0, 0.05) is 11.6 Å². The molecule has 0 bridgehead atoms. The average Bonchev–Trinajstić information content (AvgIpc) is 2.67. The van der Waals surface area contributed by atoms with Crippen LogP contribution in [0.5, 0.6) is 0 Å². The van der Waals surface area contributed by atoms with Crippen molar-refractivity contribution in [3.8, 4) is 0 Å². The van der Waals surface area contributed by atoms with Gasteiger partial charge in [-0.05, 0) is 19.1 Å². The summed E-state index contributed by atoms with van der Waals surface area (Å²) in [6.07, 6.45) is -4.60. The van der Waals surface area contributed by atoms with E-state index in [0.717, 1.165) is 19.2 Å². The predicted molar refractivity (Wildman–Crippen MR) is 95.9 cm³/mol. The van der Waals surface area contributed by atoms with Gasteiger partial charge < -0.3 is 9.80 Å². The maximum atomic E-state index is 12.9. The second kappa shape index (κ2) is 7.56. The Morgan fingerprint density at radius 1 is 1.11 bits per heavy atom. The monoisotopic (exact) mass is 380 g/mol. The molecule has 0 radical (unpaired) electrons. The lowest BCUT2D eigenvalue weighted by atomic mass is 10.1. The van der Waals surface area contributed by atoms with Crippen LogP contribution in [0.1, 0.15) is 24.1 Å². The first kappa shape index (κ1) is 19.2. The number of benzene rings is 2.